The molecule has 3 heteroatoms. The zero-order chi connectivity index (χ0) is 34.3. The highest BCUT2D eigenvalue weighted by Gasteiger charge is 2.18. The van der Waals surface area contributed by atoms with Crippen LogP contribution in [0.15, 0.2) is 48.5 Å². The van der Waals surface area contributed by atoms with Gasteiger partial charge in [-0.3, -0.25) is 4.90 Å². The molecule has 0 bridgehead atoms. The number of para-hydroxylation sites is 2. The van der Waals surface area contributed by atoms with E-state index >= 15 is 0 Å². The second-order valence-corrected chi connectivity index (χ2v) is 15.7. The number of thiocarbonyl (C=S) groups is 1. The van der Waals surface area contributed by atoms with Crippen LogP contribution in [0.1, 0.15) is 205 Å². The molecule has 0 unspecified atom stereocenters. The van der Waals surface area contributed by atoms with E-state index < -0.39 is 0 Å². The van der Waals surface area contributed by atoms with E-state index in [9.17, 15) is 0 Å². The van der Waals surface area contributed by atoms with Gasteiger partial charge in [-0.1, -0.05) is 229 Å². The Morgan fingerprint density at radius 3 is 0.938 bits per heavy atom. The van der Waals surface area contributed by atoms with Gasteiger partial charge in [0, 0.05) is 0 Å². The zero-order valence-electron chi connectivity index (χ0n) is 31.6. The molecule has 0 aliphatic carbocycles. The number of aryl methyl sites for hydroxylation is 2. The summed E-state index contributed by atoms with van der Waals surface area (Å²) in [5.41, 5.74) is 5.19. The van der Waals surface area contributed by atoms with E-state index in [1.54, 1.807) is 0 Å². The summed E-state index contributed by atoms with van der Waals surface area (Å²) in [5, 5.41) is 0. The van der Waals surface area contributed by atoms with Gasteiger partial charge in [-0.15, -0.1) is 12.6 Å². The van der Waals surface area contributed by atoms with Crippen LogP contribution in [0.3, 0.4) is 0 Å². The minimum Gasteiger partial charge on any atom is -0.296 e. The Labute approximate surface area is 310 Å². The highest BCUT2D eigenvalue weighted by molar-refractivity contribution is 8.11. The molecule has 2 aromatic carbocycles. The van der Waals surface area contributed by atoms with Gasteiger partial charge >= 0.3 is 0 Å². The molecule has 0 aliphatic rings. The number of unbranched alkanes of at least 4 members (excludes halogenated alkanes) is 26. The summed E-state index contributed by atoms with van der Waals surface area (Å²) in [4.78, 5) is 2.23. The average molecular weight is 694 g/mol. The molecule has 2 aromatic rings. The molecule has 0 saturated carbocycles. The van der Waals surface area contributed by atoms with Crippen molar-refractivity contribution in [2.45, 2.75) is 206 Å². The van der Waals surface area contributed by atoms with Gasteiger partial charge in [0.2, 0.25) is 0 Å². The number of thiol groups is 1. The smallest absolute Gasteiger partial charge is 0.142 e. The normalized spacial score (nSPS) is 11.3. The first-order chi connectivity index (χ1) is 23.7. The van der Waals surface area contributed by atoms with Crippen molar-refractivity contribution < 1.29 is 0 Å². The standard InChI is InChI=1S/C45H75NS2/c1-3-5-7-9-11-13-15-17-19-21-23-25-27-29-35-41-37-31-33-39-43(41)46(45(47)48)44-40-34-32-38-42(44)36-30-28-26-24-22-20-18-16-14-12-10-8-6-4-2/h31-34,37-40H,3-30,35-36H2,1-2H3,(H,47,48). The quantitative estimate of drug-likeness (QED) is 0.0461. The van der Waals surface area contributed by atoms with Crippen LogP contribution in [-0.4, -0.2) is 4.32 Å². The molecule has 0 fully saturated rings. The number of hydrogen-bond acceptors (Lipinski definition) is 1. The number of nitrogens with zero attached hydrogens (tertiary/aromatic N) is 1. The molecule has 0 amide bonds. The number of hydrogen-bond donors (Lipinski definition) is 1. The molecule has 0 atom stereocenters. The lowest BCUT2D eigenvalue weighted by Crippen LogP contribution is -2.22. The molecule has 0 aliphatic heterocycles. The monoisotopic (exact) mass is 694 g/mol. The third-order valence-corrected chi connectivity index (χ3v) is 10.6. The van der Waals surface area contributed by atoms with Crippen LogP contribution in [0.2, 0.25) is 0 Å². The largest absolute Gasteiger partial charge is 0.296 e. The van der Waals surface area contributed by atoms with Crippen molar-refractivity contribution in [1.82, 2.24) is 0 Å². The molecular weight excluding hydrogens is 619 g/mol. The maximum absolute atomic E-state index is 5.78. The van der Waals surface area contributed by atoms with Crippen LogP contribution < -0.4 is 4.90 Å². The van der Waals surface area contributed by atoms with Gasteiger partial charge in [0.1, 0.15) is 4.32 Å². The molecule has 0 spiro atoms. The maximum Gasteiger partial charge on any atom is 0.142 e. The summed E-state index contributed by atoms with van der Waals surface area (Å²) in [6.45, 7) is 4.60. The number of anilines is 2. The fourth-order valence-corrected chi connectivity index (χ4v) is 7.65. The first kappa shape index (κ1) is 42.8. The number of rotatable bonds is 32. The summed E-state index contributed by atoms with van der Waals surface area (Å²) < 4.78 is 0.636. The third kappa shape index (κ3) is 20.4. The van der Waals surface area contributed by atoms with E-state index in [0.717, 1.165) is 12.8 Å². The lowest BCUT2D eigenvalue weighted by molar-refractivity contribution is 0.535. The van der Waals surface area contributed by atoms with Crippen molar-refractivity contribution in [1.29, 1.82) is 0 Å². The van der Waals surface area contributed by atoms with Gasteiger partial charge in [-0.05, 0) is 48.9 Å². The van der Waals surface area contributed by atoms with Gasteiger partial charge in [-0.25, -0.2) is 0 Å². The van der Waals surface area contributed by atoms with E-state index in [1.165, 1.54) is 202 Å². The van der Waals surface area contributed by atoms with Crippen molar-refractivity contribution in [2.75, 3.05) is 4.90 Å². The lowest BCUT2D eigenvalue weighted by Gasteiger charge is -2.28. The maximum atomic E-state index is 5.78. The first-order valence-corrected chi connectivity index (χ1v) is 21.7. The highest BCUT2D eigenvalue weighted by Crippen LogP contribution is 2.34. The minimum atomic E-state index is 0.636. The molecule has 0 aromatic heterocycles. The molecule has 0 heterocycles. The van der Waals surface area contributed by atoms with Crippen LogP contribution in [0.4, 0.5) is 11.4 Å². The second-order valence-electron chi connectivity index (χ2n) is 14.6. The fraction of sp³-hybridized carbons (Fsp3) is 0.711. The van der Waals surface area contributed by atoms with Crippen molar-refractivity contribution in [3.8, 4) is 0 Å². The van der Waals surface area contributed by atoms with Gasteiger partial charge < -0.3 is 0 Å². The predicted molar refractivity (Wildman–Crippen MR) is 225 cm³/mol. The summed E-state index contributed by atoms with van der Waals surface area (Å²) in [5.74, 6) is 0. The Morgan fingerprint density at radius 1 is 0.417 bits per heavy atom. The van der Waals surface area contributed by atoms with Crippen LogP contribution in [-0.2, 0) is 12.8 Å². The highest BCUT2D eigenvalue weighted by atomic mass is 32.1. The Morgan fingerprint density at radius 2 is 0.667 bits per heavy atom. The average Bonchev–Trinajstić information content (AvgIpc) is 3.09. The molecular formula is C45H75NS2. The Hall–Kier alpha value is -1.32. The molecule has 272 valence electrons. The fourth-order valence-electron chi connectivity index (χ4n) is 7.24. The van der Waals surface area contributed by atoms with E-state index in [0.29, 0.717) is 4.32 Å². The Kier molecular flexibility index (Phi) is 27.2. The predicted octanol–water partition coefficient (Wildman–Crippen LogP) is 16.1. The summed E-state index contributed by atoms with van der Waals surface area (Å²) >= 11 is 10.5. The molecule has 0 radical (unpaired) electrons. The zero-order valence-corrected chi connectivity index (χ0v) is 33.3. The first-order valence-electron chi connectivity index (χ1n) is 20.9. The summed E-state index contributed by atoms with van der Waals surface area (Å²) in [6, 6.07) is 17.8. The van der Waals surface area contributed by atoms with Crippen LogP contribution in [0.5, 0.6) is 0 Å². The van der Waals surface area contributed by atoms with Crippen molar-refractivity contribution in [2.24, 2.45) is 0 Å². The second kappa shape index (κ2) is 30.5. The Balaban J connectivity index is 1.70. The van der Waals surface area contributed by atoms with E-state index in [-0.39, 0.29) is 0 Å². The molecule has 2 rings (SSSR count). The minimum absolute atomic E-state index is 0.636. The molecule has 0 N–H and O–H groups in total. The van der Waals surface area contributed by atoms with Gasteiger partial charge in [0.25, 0.3) is 0 Å². The molecule has 48 heavy (non-hydrogen) atoms. The van der Waals surface area contributed by atoms with Crippen molar-refractivity contribution in [3.05, 3.63) is 59.7 Å². The van der Waals surface area contributed by atoms with Crippen LogP contribution in [0, 0.1) is 0 Å². The van der Waals surface area contributed by atoms with E-state index in [4.69, 9.17) is 24.8 Å². The van der Waals surface area contributed by atoms with Crippen LogP contribution >= 0.6 is 24.8 Å². The summed E-state index contributed by atoms with van der Waals surface area (Å²) in [7, 11) is 0. The molecule has 0 saturated heterocycles. The van der Waals surface area contributed by atoms with Crippen molar-refractivity contribution >= 4 is 40.5 Å². The van der Waals surface area contributed by atoms with E-state index in [2.05, 4.69) is 67.3 Å². The Bertz CT molecular complexity index is 958. The van der Waals surface area contributed by atoms with Crippen molar-refractivity contribution in [3.63, 3.8) is 0 Å². The SMILES string of the molecule is CCCCCCCCCCCCCCCCc1ccccc1N(C(=S)S)c1ccccc1CCCCCCCCCCCCCCCC. The third-order valence-electron chi connectivity index (χ3n) is 10.3. The van der Waals surface area contributed by atoms with Gasteiger partial charge in [-0.2, -0.15) is 0 Å². The van der Waals surface area contributed by atoms with E-state index in [1.807, 2.05) is 0 Å². The topological polar surface area (TPSA) is 3.24 Å². The number of benzene rings is 2. The van der Waals surface area contributed by atoms with Gasteiger partial charge in [0.15, 0.2) is 0 Å². The van der Waals surface area contributed by atoms with Crippen LogP contribution in [0.25, 0.3) is 0 Å². The molecule has 1 nitrogen and oxygen atoms in total. The lowest BCUT2D eigenvalue weighted by atomic mass is 10.00. The van der Waals surface area contributed by atoms with Gasteiger partial charge in [0.05, 0.1) is 11.4 Å². The summed E-state index contributed by atoms with van der Waals surface area (Å²) in [6.07, 6.45) is 41.3.